The Bertz CT molecular complexity index is 462. The molecular weight excluding hydrogens is 292 g/mol. The van der Waals surface area contributed by atoms with Crippen molar-refractivity contribution in [3.8, 4) is 0 Å². The molecule has 0 fully saturated rings. The number of carboxylic acids is 1. The number of carbonyl (C=O) groups is 1. The van der Waals surface area contributed by atoms with Gasteiger partial charge in [-0.15, -0.1) is 0 Å². The van der Waals surface area contributed by atoms with Crippen molar-refractivity contribution in [1.82, 2.24) is 0 Å². The van der Waals surface area contributed by atoms with Gasteiger partial charge in [0.1, 0.15) is 0 Å². The smallest absolute Gasteiger partial charge is 0.305 e. The first kappa shape index (κ1) is 13.4. The van der Waals surface area contributed by atoms with Crippen LogP contribution in [0.4, 0.5) is 11.4 Å². The highest BCUT2D eigenvalue weighted by Gasteiger charge is 2.13. The van der Waals surface area contributed by atoms with Crippen molar-refractivity contribution in [2.75, 3.05) is 11.9 Å². The summed E-state index contributed by atoms with van der Waals surface area (Å²) in [6.45, 7) is 1.90. The van der Waals surface area contributed by atoms with Crippen LogP contribution in [-0.4, -0.2) is 22.5 Å². The number of hydrogen-bond acceptors (Lipinski definition) is 4. The van der Waals surface area contributed by atoms with Crippen molar-refractivity contribution in [3.63, 3.8) is 0 Å². The third-order valence-electron chi connectivity index (χ3n) is 2.14. The molecule has 17 heavy (non-hydrogen) atoms. The van der Waals surface area contributed by atoms with Gasteiger partial charge in [-0.2, -0.15) is 0 Å². The second-order valence-corrected chi connectivity index (χ2v) is 4.30. The van der Waals surface area contributed by atoms with Gasteiger partial charge < -0.3 is 10.4 Å². The molecule has 2 N–H and O–H groups in total. The van der Waals surface area contributed by atoms with E-state index in [1.54, 1.807) is 13.0 Å². The highest BCUT2D eigenvalue weighted by Crippen LogP contribution is 2.30. The molecule has 1 aromatic carbocycles. The Labute approximate surface area is 106 Å². The average molecular weight is 303 g/mol. The number of nitro benzene ring substituents is 1. The van der Waals surface area contributed by atoms with Crippen molar-refractivity contribution >= 4 is 33.3 Å². The fraction of sp³-hybridized carbons (Fsp3) is 0.300. The van der Waals surface area contributed by atoms with Crippen LogP contribution in [0, 0.1) is 17.0 Å². The fourth-order valence-corrected chi connectivity index (χ4v) is 1.78. The first-order valence-corrected chi connectivity index (χ1v) is 5.61. The molecular formula is C10H11BrN2O4. The Morgan fingerprint density at radius 1 is 1.59 bits per heavy atom. The number of nitrogens with zero attached hydrogens (tertiary/aromatic N) is 1. The van der Waals surface area contributed by atoms with Gasteiger partial charge in [0.05, 0.1) is 11.3 Å². The van der Waals surface area contributed by atoms with Gasteiger partial charge in [-0.3, -0.25) is 14.9 Å². The van der Waals surface area contributed by atoms with Gasteiger partial charge in [-0.1, -0.05) is 0 Å². The normalized spacial score (nSPS) is 10.0. The van der Waals surface area contributed by atoms with Crippen molar-refractivity contribution in [2.45, 2.75) is 13.3 Å². The first-order valence-electron chi connectivity index (χ1n) is 4.82. The van der Waals surface area contributed by atoms with Gasteiger partial charge >= 0.3 is 5.97 Å². The summed E-state index contributed by atoms with van der Waals surface area (Å²) in [6.07, 6.45) is -0.0114. The van der Waals surface area contributed by atoms with Crippen LogP contribution in [0.5, 0.6) is 0 Å². The van der Waals surface area contributed by atoms with Crippen molar-refractivity contribution in [1.29, 1.82) is 0 Å². The van der Waals surface area contributed by atoms with Crippen LogP contribution in [0.1, 0.15) is 12.0 Å². The molecule has 0 heterocycles. The van der Waals surface area contributed by atoms with Gasteiger partial charge in [0.2, 0.25) is 0 Å². The summed E-state index contributed by atoms with van der Waals surface area (Å²) < 4.78 is 0.542. The van der Waals surface area contributed by atoms with Crippen molar-refractivity contribution in [2.24, 2.45) is 0 Å². The Morgan fingerprint density at radius 3 is 2.76 bits per heavy atom. The zero-order valence-corrected chi connectivity index (χ0v) is 10.7. The van der Waals surface area contributed by atoms with E-state index >= 15 is 0 Å². The number of halogens is 1. The third kappa shape index (κ3) is 3.70. The molecule has 0 radical (unpaired) electrons. The third-order valence-corrected chi connectivity index (χ3v) is 2.79. The molecule has 0 aliphatic rings. The maximum Gasteiger partial charge on any atom is 0.305 e. The molecule has 0 atom stereocenters. The van der Waals surface area contributed by atoms with E-state index in [1.165, 1.54) is 6.07 Å². The number of aryl methyl sites for hydroxylation is 1. The molecule has 0 spiro atoms. The molecule has 0 saturated heterocycles. The van der Waals surface area contributed by atoms with E-state index < -0.39 is 10.9 Å². The van der Waals surface area contributed by atoms with Crippen molar-refractivity contribution < 1.29 is 14.8 Å². The predicted molar refractivity (Wildman–Crippen MR) is 66.3 cm³/mol. The zero-order chi connectivity index (χ0) is 13.0. The Balaban J connectivity index is 2.84. The van der Waals surface area contributed by atoms with Gasteiger partial charge in [-0.05, 0) is 28.9 Å². The number of benzene rings is 1. The average Bonchev–Trinajstić information content (AvgIpc) is 2.21. The minimum absolute atomic E-state index is 0.0114. The van der Waals surface area contributed by atoms with Gasteiger partial charge in [0.25, 0.3) is 5.69 Å². The molecule has 0 unspecified atom stereocenters. The van der Waals surface area contributed by atoms with E-state index in [-0.39, 0.29) is 18.7 Å². The topological polar surface area (TPSA) is 92.5 Å². The lowest BCUT2D eigenvalue weighted by molar-refractivity contribution is -0.385. The standard InChI is InChI=1S/C10H11BrN2O4/c1-6-4-8(12-3-2-10(14)15)7(11)5-9(6)13(16)17/h4-5,12H,2-3H2,1H3,(H,14,15). The molecule has 0 saturated carbocycles. The lowest BCUT2D eigenvalue weighted by Gasteiger charge is -2.08. The minimum Gasteiger partial charge on any atom is -0.481 e. The lowest BCUT2D eigenvalue weighted by Crippen LogP contribution is -2.08. The number of carboxylic acid groups (broad SMARTS) is 1. The monoisotopic (exact) mass is 302 g/mol. The van der Waals surface area contributed by atoms with E-state index in [9.17, 15) is 14.9 Å². The van der Waals surface area contributed by atoms with Gasteiger partial charge in [0.15, 0.2) is 0 Å². The summed E-state index contributed by atoms with van der Waals surface area (Å²) in [5.41, 5.74) is 1.20. The molecule has 0 aliphatic carbocycles. The quantitative estimate of drug-likeness (QED) is 0.644. The second kappa shape index (κ2) is 5.62. The summed E-state index contributed by atoms with van der Waals surface area (Å²) in [5.74, 6) is -0.896. The number of anilines is 1. The Morgan fingerprint density at radius 2 is 2.24 bits per heavy atom. The van der Waals surface area contributed by atoms with E-state index in [0.717, 1.165) is 0 Å². The van der Waals surface area contributed by atoms with Crippen LogP contribution in [0.15, 0.2) is 16.6 Å². The maximum absolute atomic E-state index is 10.7. The molecule has 7 heteroatoms. The fourth-order valence-electron chi connectivity index (χ4n) is 1.31. The van der Waals surface area contributed by atoms with E-state index in [1.807, 2.05) is 0 Å². The van der Waals surface area contributed by atoms with Gasteiger partial charge in [0, 0.05) is 28.3 Å². The summed E-state index contributed by atoms with van der Waals surface area (Å²) >= 11 is 3.20. The van der Waals surface area contributed by atoms with E-state index in [4.69, 9.17) is 5.11 Å². The van der Waals surface area contributed by atoms with E-state index in [0.29, 0.717) is 15.7 Å². The van der Waals surface area contributed by atoms with Gasteiger partial charge in [-0.25, -0.2) is 0 Å². The largest absolute Gasteiger partial charge is 0.481 e. The first-order chi connectivity index (χ1) is 7.91. The Kier molecular flexibility index (Phi) is 4.45. The molecule has 92 valence electrons. The Hall–Kier alpha value is -1.63. The van der Waals surface area contributed by atoms with E-state index in [2.05, 4.69) is 21.2 Å². The maximum atomic E-state index is 10.7. The molecule has 1 rings (SSSR count). The summed E-state index contributed by atoms with van der Waals surface area (Å²) in [7, 11) is 0. The number of rotatable bonds is 5. The SMILES string of the molecule is Cc1cc(NCCC(=O)O)c(Br)cc1[N+](=O)[O-]. The number of nitro groups is 1. The highest BCUT2D eigenvalue weighted by molar-refractivity contribution is 9.10. The number of aliphatic carboxylic acids is 1. The van der Waals surface area contributed by atoms with Crippen LogP contribution in [0.3, 0.4) is 0 Å². The van der Waals surface area contributed by atoms with Crippen LogP contribution < -0.4 is 5.32 Å². The van der Waals surface area contributed by atoms with Crippen LogP contribution in [0.25, 0.3) is 0 Å². The zero-order valence-electron chi connectivity index (χ0n) is 9.07. The summed E-state index contributed by atoms with van der Waals surface area (Å²) in [4.78, 5) is 20.6. The molecule has 0 aliphatic heterocycles. The van der Waals surface area contributed by atoms with Crippen LogP contribution in [0.2, 0.25) is 0 Å². The predicted octanol–water partition coefficient (Wildman–Crippen LogP) is 2.55. The molecule has 6 nitrogen and oxygen atoms in total. The summed E-state index contributed by atoms with van der Waals surface area (Å²) in [6, 6.07) is 3.02. The highest BCUT2D eigenvalue weighted by atomic mass is 79.9. The van der Waals surface area contributed by atoms with Crippen LogP contribution >= 0.6 is 15.9 Å². The summed E-state index contributed by atoms with van der Waals surface area (Å²) in [5, 5.41) is 22.1. The lowest BCUT2D eigenvalue weighted by atomic mass is 10.2. The molecule has 1 aromatic rings. The molecule has 0 aromatic heterocycles. The number of nitrogens with one attached hydrogen (secondary N) is 1. The van der Waals surface area contributed by atoms with Crippen LogP contribution in [-0.2, 0) is 4.79 Å². The molecule has 0 bridgehead atoms. The molecule has 0 amide bonds. The second-order valence-electron chi connectivity index (χ2n) is 3.45. The van der Waals surface area contributed by atoms with Crippen molar-refractivity contribution in [3.05, 3.63) is 32.3 Å². The number of hydrogen-bond donors (Lipinski definition) is 2. The minimum atomic E-state index is -0.896.